The van der Waals surface area contributed by atoms with E-state index >= 15 is 0 Å². The molecule has 3 aromatic rings. The van der Waals surface area contributed by atoms with Gasteiger partial charge in [0.25, 0.3) is 11.5 Å². The maximum Gasteiger partial charge on any atom is 0.265 e. The van der Waals surface area contributed by atoms with E-state index in [1.807, 2.05) is 18.2 Å². The second-order valence-electron chi connectivity index (χ2n) is 7.31. The molecule has 2 N–H and O–H groups in total. The van der Waals surface area contributed by atoms with E-state index in [0.29, 0.717) is 23.8 Å². The monoisotopic (exact) mass is 427 g/mol. The lowest BCUT2D eigenvalue weighted by Crippen LogP contribution is -3.11. The van der Waals surface area contributed by atoms with Gasteiger partial charge >= 0.3 is 0 Å². The fourth-order valence-corrected chi connectivity index (χ4v) is 3.65. The van der Waals surface area contributed by atoms with Gasteiger partial charge in [0.15, 0.2) is 0 Å². The first-order chi connectivity index (χ1) is 14.5. The number of nitrogens with zero attached hydrogens (tertiary/aromatic N) is 2. The van der Waals surface area contributed by atoms with Crippen molar-refractivity contribution in [3.05, 3.63) is 75.2 Å². The third kappa shape index (κ3) is 5.26. The number of halogens is 1. The molecule has 0 unspecified atom stereocenters. The molecule has 0 saturated heterocycles. The number of quaternary nitrogens is 1. The molecule has 0 aliphatic rings. The standard InChI is InChI=1S/C23H27ClN4O2/c1-3-27(4-2)14-6-13-26-22(29)20-15-18-7-5-12-25-21(18)28(23(20)30)16-17-8-10-19(24)11-9-17/h5,7-12,15H,3-4,6,13-14,16H2,1-2H3,(H,26,29)/p+1. The molecule has 7 heteroatoms. The van der Waals surface area contributed by atoms with Crippen LogP contribution in [0.15, 0.2) is 53.5 Å². The van der Waals surface area contributed by atoms with E-state index < -0.39 is 0 Å². The number of benzene rings is 1. The third-order valence-electron chi connectivity index (χ3n) is 5.34. The van der Waals surface area contributed by atoms with E-state index in [1.165, 1.54) is 4.90 Å². The van der Waals surface area contributed by atoms with Crippen LogP contribution in [-0.2, 0) is 6.54 Å². The maximum atomic E-state index is 13.2. The maximum absolute atomic E-state index is 13.2. The number of carbonyl (C=O) groups is 1. The number of rotatable bonds is 9. The molecule has 2 aromatic heterocycles. The first-order valence-electron chi connectivity index (χ1n) is 10.4. The summed E-state index contributed by atoms with van der Waals surface area (Å²) < 4.78 is 1.55. The van der Waals surface area contributed by atoms with Crippen molar-refractivity contribution in [2.24, 2.45) is 0 Å². The topological polar surface area (TPSA) is 68.4 Å². The highest BCUT2D eigenvalue weighted by Gasteiger charge is 2.16. The molecule has 0 fully saturated rings. The molecule has 30 heavy (non-hydrogen) atoms. The van der Waals surface area contributed by atoms with Crippen LogP contribution in [0.4, 0.5) is 0 Å². The Labute approximate surface area is 181 Å². The summed E-state index contributed by atoms with van der Waals surface area (Å²) in [7, 11) is 0. The van der Waals surface area contributed by atoms with E-state index in [4.69, 9.17) is 11.6 Å². The van der Waals surface area contributed by atoms with Crippen molar-refractivity contribution in [1.29, 1.82) is 0 Å². The van der Waals surface area contributed by atoms with Gasteiger partial charge in [0.05, 0.1) is 26.2 Å². The van der Waals surface area contributed by atoms with E-state index in [2.05, 4.69) is 24.1 Å². The van der Waals surface area contributed by atoms with Gasteiger partial charge in [-0.05, 0) is 49.7 Å². The lowest BCUT2D eigenvalue weighted by Gasteiger charge is -2.15. The van der Waals surface area contributed by atoms with Crippen molar-refractivity contribution < 1.29 is 9.69 Å². The van der Waals surface area contributed by atoms with Gasteiger partial charge in [-0.15, -0.1) is 0 Å². The second-order valence-corrected chi connectivity index (χ2v) is 7.75. The molecule has 158 valence electrons. The van der Waals surface area contributed by atoms with Gasteiger partial charge in [0.2, 0.25) is 0 Å². The molecule has 0 atom stereocenters. The summed E-state index contributed by atoms with van der Waals surface area (Å²) in [6.07, 6.45) is 2.52. The van der Waals surface area contributed by atoms with Gasteiger partial charge in [-0.25, -0.2) is 4.98 Å². The number of fused-ring (bicyclic) bond motifs is 1. The van der Waals surface area contributed by atoms with Crippen LogP contribution in [0.2, 0.25) is 5.02 Å². The van der Waals surface area contributed by atoms with Gasteiger partial charge in [-0.2, -0.15) is 0 Å². The molecule has 0 aliphatic heterocycles. The largest absolute Gasteiger partial charge is 0.352 e. The summed E-state index contributed by atoms with van der Waals surface area (Å²) in [5.74, 6) is -0.342. The zero-order chi connectivity index (χ0) is 21.5. The van der Waals surface area contributed by atoms with E-state index in [1.54, 1.807) is 35.0 Å². The normalized spacial score (nSPS) is 11.2. The molecule has 0 bridgehead atoms. The zero-order valence-electron chi connectivity index (χ0n) is 17.5. The Hall–Kier alpha value is -2.70. The van der Waals surface area contributed by atoms with Crippen LogP contribution >= 0.6 is 11.6 Å². The average Bonchev–Trinajstić information content (AvgIpc) is 2.76. The minimum absolute atomic E-state index is 0.139. The number of amides is 1. The minimum Gasteiger partial charge on any atom is -0.352 e. The highest BCUT2D eigenvalue weighted by Crippen LogP contribution is 2.15. The van der Waals surface area contributed by atoms with Crippen LogP contribution in [0.1, 0.15) is 36.2 Å². The summed E-state index contributed by atoms with van der Waals surface area (Å²) in [4.78, 5) is 31.8. The molecular weight excluding hydrogens is 400 g/mol. The lowest BCUT2D eigenvalue weighted by molar-refractivity contribution is -0.896. The number of hydrogen-bond acceptors (Lipinski definition) is 3. The van der Waals surface area contributed by atoms with Gasteiger partial charge in [0.1, 0.15) is 11.2 Å². The van der Waals surface area contributed by atoms with Crippen LogP contribution in [0.3, 0.4) is 0 Å². The van der Waals surface area contributed by atoms with Gasteiger partial charge < -0.3 is 10.2 Å². The van der Waals surface area contributed by atoms with Crippen LogP contribution in [0.25, 0.3) is 11.0 Å². The van der Waals surface area contributed by atoms with Crippen LogP contribution in [0, 0.1) is 0 Å². The Morgan fingerprint density at radius 2 is 1.90 bits per heavy atom. The van der Waals surface area contributed by atoms with Crippen molar-refractivity contribution in [2.45, 2.75) is 26.8 Å². The molecular formula is C23H28ClN4O2+. The summed E-state index contributed by atoms with van der Waals surface area (Å²) in [5, 5.41) is 4.29. The molecule has 3 rings (SSSR count). The van der Waals surface area contributed by atoms with Gasteiger partial charge in [-0.3, -0.25) is 14.2 Å². The minimum atomic E-state index is -0.344. The number of pyridine rings is 2. The number of aromatic nitrogens is 2. The molecule has 2 heterocycles. The smallest absolute Gasteiger partial charge is 0.265 e. The first-order valence-corrected chi connectivity index (χ1v) is 10.8. The third-order valence-corrected chi connectivity index (χ3v) is 5.59. The molecule has 0 radical (unpaired) electrons. The molecule has 0 aliphatic carbocycles. The Balaban J connectivity index is 1.84. The van der Waals surface area contributed by atoms with Crippen LogP contribution in [-0.4, -0.2) is 41.6 Å². The van der Waals surface area contributed by atoms with E-state index in [-0.39, 0.29) is 17.0 Å². The van der Waals surface area contributed by atoms with Crippen molar-refractivity contribution in [1.82, 2.24) is 14.9 Å². The van der Waals surface area contributed by atoms with Crippen molar-refractivity contribution in [3.8, 4) is 0 Å². The summed E-state index contributed by atoms with van der Waals surface area (Å²) in [6, 6.07) is 12.6. The summed E-state index contributed by atoms with van der Waals surface area (Å²) in [5.41, 5.74) is 1.26. The van der Waals surface area contributed by atoms with E-state index in [9.17, 15) is 9.59 Å². The Morgan fingerprint density at radius 3 is 2.60 bits per heavy atom. The average molecular weight is 428 g/mol. The number of hydrogen-bond donors (Lipinski definition) is 2. The van der Waals surface area contributed by atoms with Gasteiger partial charge in [0, 0.05) is 29.6 Å². The van der Waals surface area contributed by atoms with Crippen molar-refractivity contribution in [2.75, 3.05) is 26.2 Å². The molecule has 0 saturated carbocycles. The molecule has 6 nitrogen and oxygen atoms in total. The van der Waals surface area contributed by atoms with E-state index in [0.717, 1.165) is 37.0 Å². The van der Waals surface area contributed by atoms with Crippen molar-refractivity contribution >= 4 is 28.5 Å². The fourth-order valence-electron chi connectivity index (χ4n) is 3.53. The second kappa shape index (κ2) is 10.4. The molecule has 1 aromatic carbocycles. The number of carbonyl (C=O) groups excluding carboxylic acids is 1. The predicted octanol–water partition coefficient (Wildman–Crippen LogP) is 2.14. The zero-order valence-corrected chi connectivity index (χ0v) is 18.2. The first kappa shape index (κ1) is 22.0. The summed E-state index contributed by atoms with van der Waals surface area (Å²) in [6.45, 7) is 8.30. The molecule has 0 spiro atoms. The van der Waals surface area contributed by atoms with Crippen molar-refractivity contribution in [3.63, 3.8) is 0 Å². The Kier molecular flexibility index (Phi) is 7.60. The van der Waals surface area contributed by atoms with Crippen LogP contribution < -0.4 is 15.8 Å². The number of nitrogens with one attached hydrogen (secondary N) is 2. The Bertz CT molecular complexity index is 1060. The quantitative estimate of drug-likeness (QED) is 0.514. The fraction of sp³-hybridized carbons (Fsp3) is 0.348. The summed E-state index contributed by atoms with van der Waals surface area (Å²) >= 11 is 5.97. The Morgan fingerprint density at radius 1 is 1.17 bits per heavy atom. The highest BCUT2D eigenvalue weighted by atomic mass is 35.5. The SMILES string of the molecule is CC[NH+](CC)CCCNC(=O)c1cc2cccnc2n(Cc2ccc(Cl)cc2)c1=O. The van der Waals surface area contributed by atoms with Gasteiger partial charge in [-0.1, -0.05) is 23.7 Å². The highest BCUT2D eigenvalue weighted by molar-refractivity contribution is 6.30. The molecule has 1 amide bonds. The predicted molar refractivity (Wildman–Crippen MR) is 120 cm³/mol. The lowest BCUT2D eigenvalue weighted by atomic mass is 10.1. The van der Waals surface area contributed by atoms with Crippen LogP contribution in [0.5, 0.6) is 0 Å².